The molecule has 3 N–H and O–H groups in total. The van der Waals surface area contributed by atoms with Crippen LogP contribution in [0.25, 0.3) is 0 Å². The Labute approximate surface area is 125 Å². The molecule has 1 atom stereocenters. The van der Waals surface area contributed by atoms with Gasteiger partial charge in [0.05, 0.1) is 30.0 Å². The molecule has 0 aromatic heterocycles. The van der Waals surface area contributed by atoms with Gasteiger partial charge in [0.25, 0.3) is 0 Å². The summed E-state index contributed by atoms with van der Waals surface area (Å²) in [6.07, 6.45) is -0.139. The van der Waals surface area contributed by atoms with E-state index < -0.39 is 9.84 Å². The van der Waals surface area contributed by atoms with Gasteiger partial charge in [-0.2, -0.15) is 0 Å². The fraction of sp³-hybridized carbons (Fsp3) is 0.500. The molecular formula is C14H22N2O4S. The van der Waals surface area contributed by atoms with Crippen LogP contribution in [0, 0.1) is 5.41 Å². The van der Waals surface area contributed by atoms with Crippen LogP contribution in [0.1, 0.15) is 19.4 Å². The molecule has 1 aromatic rings. The van der Waals surface area contributed by atoms with Gasteiger partial charge in [0.1, 0.15) is 5.84 Å². The minimum atomic E-state index is -3.40. The standard InChI is InChI=1S/C14H22N2O4S/c1-3-19-10-11(2)20-8-9-21(17,18)13-6-4-12(5-7-13)14(15)16/h4-7,11H,3,8-10H2,1-2H3,(H3,15,16). The van der Waals surface area contributed by atoms with Crippen molar-refractivity contribution in [1.29, 1.82) is 5.41 Å². The first-order valence-electron chi connectivity index (χ1n) is 6.73. The first-order chi connectivity index (χ1) is 9.86. The first kappa shape index (κ1) is 17.6. The number of benzene rings is 1. The van der Waals surface area contributed by atoms with Gasteiger partial charge >= 0.3 is 0 Å². The van der Waals surface area contributed by atoms with Crippen molar-refractivity contribution in [1.82, 2.24) is 0 Å². The summed E-state index contributed by atoms with van der Waals surface area (Å²) in [6.45, 7) is 4.90. The highest BCUT2D eigenvalue weighted by Crippen LogP contribution is 2.12. The molecule has 118 valence electrons. The molecule has 0 spiro atoms. The zero-order chi connectivity index (χ0) is 15.9. The van der Waals surface area contributed by atoms with E-state index in [9.17, 15) is 8.42 Å². The number of nitrogen functional groups attached to an aromatic ring is 1. The maximum atomic E-state index is 12.1. The van der Waals surface area contributed by atoms with Crippen LogP contribution in [0.15, 0.2) is 29.2 Å². The normalized spacial score (nSPS) is 13.0. The monoisotopic (exact) mass is 314 g/mol. The minimum absolute atomic E-state index is 0.0907. The molecule has 0 aliphatic rings. The highest BCUT2D eigenvalue weighted by Gasteiger charge is 2.15. The van der Waals surface area contributed by atoms with Gasteiger partial charge in [-0.15, -0.1) is 0 Å². The van der Waals surface area contributed by atoms with E-state index >= 15 is 0 Å². The highest BCUT2D eigenvalue weighted by atomic mass is 32.2. The first-order valence-corrected chi connectivity index (χ1v) is 8.38. The van der Waals surface area contributed by atoms with Gasteiger partial charge in [0.2, 0.25) is 0 Å². The van der Waals surface area contributed by atoms with Crippen LogP contribution in [-0.2, 0) is 19.3 Å². The third kappa shape index (κ3) is 5.82. The summed E-state index contributed by atoms with van der Waals surface area (Å²) in [5.74, 6) is -0.185. The average Bonchev–Trinajstić information content (AvgIpc) is 2.45. The number of nitrogens with one attached hydrogen (secondary N) is 1. The van der Waals surface area contributed by atoms with Crippen molar-refractivity contribution in [2.45, 2.75) is 24.8 Å². The molecule has 0 radical (unpaired) electrons. The molecular weight excluding hydrogens is 292 g/mol. The number of hydrogen-bond acceptors (Lipinski definition) is 5. The third-order valence-electron chi connectivity index (χ3n) is 2.84. The van der Waals surface area contributed by atoms with Crippen molar-refractivity contribution >= 4 is 15.7 Å². The summed E-state index contributed by atoms with van der Waals surface area (Å²) in [4.78, 5) is 0.202. The highest BCUT2D eigenvalue weighted by molar-refractivity contribution is 7.91. The predicted molar refractivity (Wildman–Crippen MR) is 81.4 cm³/mol. The molecule has 1 unspecified atom stereocenters. The largest absolute Gasteiger partial charge is 0.384 e. The molecule has 1 rings (SSSR count). The third-order valence-corrected chi connectivity index (χ3v) is 4.53. The van der Waals surface area contributed by atoms with Crippen molar-refractivity contribution in [3.63, 3.8) is 0 Å². The summed E-state index contributed by atoms with van der Waals surface area (Å²) in [7, 11) is -3.40. The number of hydrogen-bond donors (Lipinski definition) is 2. The molecule has 0 saturated carbocycles. The van der Waals surface area contributed by atoms with Gasteiger partial charge in [0, 0.05) is 12.2 Å². The number of nitrogens with two attached hydrogens (primary N) is 1. The molecule has 7 heteroatoms. The lowest BCUT2D eigenvalue weighted by molar-refractivity contribution is 0.00288. The van der Waals surface area contributed by atoms with Crippen LogP contribution in [-0.4, -0.2) is 45.9 Å². The molecule has 0 aliphatic heterocycles. The predicted octanol–water partition coefficient (Wildman–Crippen LogP) is 1.19. The van der Waals surface area contributed by atoms with Crippen molar-refractivity contribution in [2.75, 3.05) is 25.6 Å². The molecule has 1 aromatic carbocycles. The van der Waals surface area contributed by atoms with Crippen molar-refractivity contribution < 1.29 is 17.9 Å². The van der Waals surface area contributed by atoms with Crippen LogP contribution in [0.4, 0.5) is 0 Å². The molecule has 0 aliphatic carbocycles. The van der Waals surface area contributed by atoms with E-state index in [0.717, 1.165) is 0 Å². The second-order valence-corrected chi connectivity index (χ2v) is 6.71. The zero-order valence-electron chi connectivity index (χ0n) is 12.3. The molecule has 0 amide bonds. The van der Waals surface area contributed by atoms with E-state index in [0.29, 0.717) is 18.8 Å². The summed E-state index contributed by atoms with van der Waals surface area (Å²) < 4.78 is 34.8. The maximum absolute atomic E-state index is 12.1. The Balaban J connectivity index is 2.55. The Morgan fingerprint density at radius 1 is 1.33 bits per heavy atom. The zero-order valence-corrected chi connectivity index (χ0v) is 13.2. The van der Waals surface area contributed by atoms with Crippen molar-refractivity contribution in [3.8, 4) is 0 Å². The second-order valence-electron chi connectivity index (χ2n) is 4.60. The van der Waals surface area contributed by atoms with E-state index in [1.807, 2.05) is 13.8 Å². The Hall–Kier alpha value is -1.44. The SMILES string of the molecule is CCOCC(C)OCCS(=O)(=O)c1ccc(C(=N)N)cc1. The molecule has 21 heavy (non-hydrogen) atoms. The summed E-state index contributed by atoms with van der Waals surface area (Å²) in [6, 6.07) is 5.95. The molecule has 0 saturated heterocycles. The number of sulfone groups is 1. The van der Waals surface area contributed by atoms with Crippen LogP contribution in [0.5, 0.6) is 0 Å². The average molecular weight is 314 g/mol. The fourth-order valence-corrected chi connectivity index (χ4v) is 2.75. The molecule has 0 fully saturated rings. The topological polar surface area (TPSA) is 102 Å². The Bertz CT molecular complexity index is 555. The van der Waals surface area contributed by atoms with Crippen LogP contribution < -0.4 is 5.73 Å². The van der Waals surface area contributed by atoms with Gasteiger partial charge in [-0.1, -0.05) is 12.1 Å². The lowest BCUT2D eigenvalue weighted by Gasteiger charge is -2.13. The van der Waals surface area contributed by atoms with Crippen LogP contribution in [0.2, 0.25) is 0 Å². The number of rotatable bonds is 9. The molecule has 0 heterocycles. The van der Waals surface area contributed by atoms with Gasteiger partial charge < -0.3 is 15.2 Å². The Morgan fingerprint density at radius 2 is 1.95 bits per heavy atom. The van der Waals surface area contributed by atoms with E-state index in [1.165, 1.54) is 24.3 Å². The molecule has 0 bridgehead atoms. The fourth-order valence-electron chi connectivity index (χ4n) is 1.65. The molecule has 6 nitrogen and oxygen atoms in total. The summed E-state index contributed by atoms with van der Waals surface area (Å²) >= 11 is 0. The van der Waals surface area contributed by atoms with Gasteiger partial charge in [-0.25, -0.2) is 8.42 Å². The minimum Gasteiger partial charge on any atom is -0.384 e. The Morgan fingerprint density at radius 3 is 2.48 bits per heavy atom. The van der Waals surface area contributed by atoms with E-state index in [1.54, 1.807) is 0 Å². The van der Waals surface area contributed by atoms with Gasteiger partial charge in [-0.05, 0) is 26.0 Å². The van der Waals surface area contributed by atoms with Gasteiger partial charge in [-0.3, -0.25) is 5.41 Å². The Kier molecular flexibility index (Phi) is 6.80. The number of ether oxygens (including phenoxy) is 2. The lowest BCUT2D eigenvalue weighted by Crippen LogP contribution is -2.21. The van der Waals surface area contributed by atoms with E-state index in [-0.39, 0.29) is 29.2 Å². The van der Waals surface area contributed by atoms with Crippen molar-refractivity contribution in [2.24, 2.45) is 5.73 Å². The van der Waals surface area contributed by atoms with Gasteiger partial charge in [0.15, 0.2) is 9.84 Å². The van der Waals surface area contributed by atoms with Crippen LogP contribution >= 0.6 is 0 Å². The summed E-state index contributed by atoms with van der Waals surface area (Å²) in [5.41, 5.74) is 5.82. The second kappa shape index (κ2) is 8.11. The van der Waals surface area contributed by atoms with E-state index in [4.69, 9.17) is 20.6 Å². The van der Waals surface area contributed by atoms with Crippen molar-refractivity contribution in [3.05, 3.63) is 29.8 Å². The maximum Gasteiger partial charge on any atom is 0.180 e. The quantitative estimate of drug-likeness (QED) is 0.526. The summed E-state index contributed by atoms with van der Waals surface area (Å²) in [5, 5.41) is 7.27. The lowest BCUT2D eigenvalue weighted by atomic mass is 10.2. The van der Waals surface area contributed by atoms with Crippen LogP contribution in [0.3, 0.4) is 0 Å². The smallest absolute Gasteiger partial charge is 0.180 e. The van der Waals surface area contributed by atoms with E-state index in [2.05, 4.69) is 0 Å². The number of amidine groups is 1.